The minimum Gasteiger partial charge on any atom is -0.396 e. The Morgan fingerprint density at radius 2 is 2.18 bits per heavy atom. The second-order valence-corrected chi connectivity index (χ2v) is 5.15. The highest BCUT2D eigenvalue weighted by Gasteiger charge is 2.32. The van der Waals surface area contributed by atoms with Gasteiger partial charge in [0.15, 0.2) is 0 Å². The van der Waals surface area contributed by atoms with Crippen LogP contribution in [0.15, 0.2) is 24.5 Å². The normalized spacial score (nSPS) is 20.4. The molecule has 1 aromatic rings. The van der Waals surface area contributed by atoms with Crippen molar-refractivity contribution < 1.29 is 5.11 Å². The van der Waals surface area contributed by atoms with Gasteiger partial charge < -0.3 is 5.11 Å². The number of aliphatic hydroxyl groups excluding tert-OH is 1. The summed E-state index contributed by atoms with van der Waals surface area (Å²) in [5.74, 6) is 0. The molecular formula is C14H22N2O. The molecular weight excluding hydrogens is 212 g/mol. The highest BCUT2D eigenvalue weighted by atomic mass is 16.3. The first-order chi connectivity index (χ1) is 8.28. The maximum Gasteiger partial charge on any atom is 0.0488 e. The van der Waals surface area contributed by atoms with Crippen LogP contribution in [-0.2, 0) is 6.54 Å². The molecule has 1 saturated heterocycles. The summed E-state index contributed by atoms with van der Waals surface area (Å²) in [7, 11) is 0. The van der Waals surface area contributed by atoms with Crippen LogP contribution >= 0.6 is 0 Å². The first-order valence-corrected chi connectivity index (χ1v) is 6.50. The second kappa shape index (κ2) is 5.61. The van der Waals surface area contributed by atoms with Crippen LogP contribution in [0, 0.1) is 5.41 Å². The van der Waals surface area contributed by atoms with Crippen LogP contribution in [0.5, 0.6) is 0 Å². The molecule has 1 fully saturated rings. The number of rotatable bonds is 4. The summed E-state index contributed by atoms with van der Waals surface area (Å²) in [5.41, 5.74) is 1.46. The largest absolute Gasteiger partial charge is 0.396 e. The highest BCUT2D eigenvalue weighted by molar-refractivity contribution is 5.08. The number of hydrogen-bond donors (Lipinski definition) is 1. The molecule has 0 amide bonds. The van der Waals surface area contributed by atoms with Crippen LogP contribution in [0.3, 0.4) is 0 Å². The van der Waals surface area contributed by atoms with Crippen molar-refractivity contribution in [3.8, 4) is 0 Å². The van der Waals surface area contributed by atoms with Crippen LogP contribution in [0.25, 0.3) is 0 Å². The fraction of sp³-hybridized carbons (Fsp3) is 0.643. The summed E-state index contributed by atoms with van der Waals surface area (Å²) in [4.78, 5) is 6.60. The number of likely N-dealkylation sites (tertiary alicyclic amines) is 1. The summed E-state index contributed by atoms with van der Waals surface area (Å²) in [5, 5.41) is 9.49. The Balaban J connectivity index is 1.87. The number of hydrogen-bond acceptors (Lipinski definition) is 3. The molecule has 3 heteroatoms. The molecule has 0 aliphatic carbocycles. The first-order valence-electron chi connectivity index (χ1n) is 6.50. The average Bonchev–Trinajstić information content (AvgIpc) is 2.41. The van der Waals surface area contributed by atoms with E-state index in [1.165, 1.54) is 5.56 Å². The zero-order chi connectivity index (χ0) is 12.1. The van der Waals surface area contributed by atoms with E-state index >= 15 is 0 Å². The molecule has 0 saturated carbocycles. The molecule has 0 atom stereocenters. The molecule has 2 rings (SSSR count). The number of nitrogens with zero attached hydrogens (tertiary/aromatic N) is 2. The van der Waals surface area contributed by atoms with Crippen LogP contribution in [-0.4, -0.2) is 34.7 Å². The van der Waals surface area contributed by atoms with Gasteiger partial charge in [-0.3, -0.25) is 9.88 Å². The lowest BCUT2D eigenvalue weighted by Crippen LogP contribution is -2.41. The summed E-state index contributed by atoms with van der Waals surface area (Å²) in [6.45, 7) is 5.68. The molecule has 0 aromatic carbocycles. The van der Waals surface area contributed by atoms with Gasteiger partial charge in [0, 0.05) is 25.5 Å². The average molecular weight is 234 g/mol. The minimum absolute atomic E-state index is 0.186. The van der Waals surface area contributed by atoms with Crippen LogP contribution in [0.4, 0.5) is 0 Å². The van der Waals surface area contributed by atoms with Gasteiger partial charge in [0.1, 0.15) is 0 Å². The van der Waals surface area contributed by atoms with Crippen molar-refractivity contribution in [3.63, 3.8) is 0 Å². The van der Waals surface area contributed by atoms with E-state index in [1.807, 2.05) is 18.5 Å². The minimum atomic E-state index is 0.186. The van der Waals surface area contributed by atoms with E-state index in [2.05, 4.69) is 22.9 Å². The van der Waals surface area contributed by atoms with Crippen molar-refractivity contribution in [1.29, 1.82) is 0 Å². The zero-order valence-electron chi connectivity index (χ0n) is 10.6. The van der Waals surface area contributed by atoms with Gasteiger partial charge in [-0.05, 0) is 49.4 Å². The standard InChI is InChI=1S/C14H22N2O/c1-2-14(12-17)5-8-16(9-6-14)11-13-4-3-7-15-10-13/h3-4,7,10,17H,2,5-6,8-9,11-12H2,1H3. The lowest BCUT2D eigenvalue weighted by molar-refractivity contribution is 0.0382. The maximum atomic E-state index is 9.49. The lowest BCUT2D eigenvalue weighted by atomic mass is 9.77. The van der Waals surface area contributed by atoms with Crippen LogP contribution < -0.4 is 0 Å². The van der Waals surface area contributed by atoms with E-state index in [0.717, 1.165) is 38.9 Å². The number of piperidine rings is 1. The molecule has 0 radical (unpaired) electrons. The molecule has 1 aliphatic rings. The van der Waals surface area contributed by atoms with E-state index in [9.17, 15) is 5.11 Å². The van der Waals surface area contributed by atoms with Gasteiger partial charge in [-0.25, -0.2) is 0 Å². The smallest absolute Gasteiger partial charge is 0.0488 e. The van der Waals surface area contributed by atoms with E-state index in [0.29, 0.717) is 6.61 Å². The summed E-state index contributed by atoms with van der Waals surface area (Å²) < 4.78 is 0. The first kappa shape index (κ1) is 12.5. The third-order valence-corrected chi connectivity index (χ3v) is 4.13. The molecule has 2 heterocycles. The molecule has 1 aromatic heterocycles. The van der Waals surface area contributed by atoms with Crippen molar-refractivity contribution in [2.24, 2.45) is 5.41 Å². The van der Waals surface area contributed by atoms with Gasteiger partial charge in [-0.2, -0.15) is 0 Å². The number of aromatic nitrogens is 1. The van der Waals surface area contributed by atoms with Crippen molar-refractivity contribution in [2.45, 2.75) is 32.7 Å². The molecule has 0 spiro atoms. The Bertz CT molecular complexity index is 325. The van der Waals surface area contributed by atoms with Gasteiger partial charge in [0.2, 0.25) is 0 Å². The Morgan fingerprint density at radius 1 is 1.41 bits per heavy atom. The van der Waals surface area contributed by atoms with E-state index < -0.39 is 0 Å². The predicted octanol–water partition coefficient (Wildman–Crippen LogP) is 2.07. The Kier molecular flexibility index (Phi) is 4.13. The van der Waals surface area contributed by atoms with Crippen LogP contribution in [0.1, 0.15) is 31.7 Å². The zero-order valence-corrected chi connectivity index (χ0v) is 10.6. The molecule has 1 N–H and O–H groups in total. The van der Waals surface area contributed by atoms with Gasteiger partial charge >= 0.3 is 0 Å². The Hall–Kier alpha value is -0.930. The monoisotopic (exact) mass is 234 g/mol. The Morgan fingerprint density at radius 3 is 2.71 bits per heavy atom. The summed E-state index contributed by atoms with van der Waals surface area (Å²) >= 11 is 0. The van der Waals surface area contributed by atoms with Crippen molar-refractivity contribution in [2.75, 3.05) is 19.7 Å². The van der Waals surface area contributed by atoms with E-state index in [4.69, 9.17) is 0 Å². The fourth-order valence-corrected chi connectivity index (χ4v) is 2.56. The quantitative estimate of drug-likeness (QED) is 0.866. The topological polar surface area (TPSA) is 36.4 Å². The third-order valence-electron chi connectivity index (χ3n) is 4.13. The van der Waals surface area contributed by atoms with Crippen LogP contribution in [0.2, 0.25) is 0 Å². The molecule has 0 unspecified atom stereocenters. The lowest BCUT2D eigenvalue weighted by Gasteiger charge is -2.40. The van der Waals surface area contributed by atoms with Gasteiger partial charge in [0.05, 0.1) is 0 Å². The summed E-state index contributed by atoms with van der Waals surface area (Å²) in [6, 6.07) is 4.12. The highest BCUT2D eigenvalue weighted by Crippen LogP contribution is 2.34. The van der Waals surface area contributed by atoms with Crippen molar-refractivity contribution in [1.82, 2.24) is 9.88 Å². The van der Waals surface area contributed by atoms with Gasteiger partial charge in [0.25, 0.3) is 0 Å². The molecule has 17 heavy (non-hydrogen) atoms. The van der Waals surface area contributed by atoms with Gasteiger partial charge in [-0.1, -0.05) is 13.0 Å². The fourth-order valence-electron chi connectivity index (χ4n) is 2.56. The number of aliphatic hydroxyl groups is 1. The maximum absolute atomic E-state index is 9.49. The molecule has 3 nitrogen and oxygen atoms in total. The van der Waals surface area contributed by atoms with Gasteiger partial charge in [-0.15, -0.1) is 0 Å². The third kappa shape index (κ3) is 3.05. The number of pyridine rings is 1. The molecule has 0 bridgehead atoms. The van der Waals surface area contributed by atoms with Crippen molar-refractivity contribution >= 4 is 0 Å². The van der Waals surface area contributed by atoms with E-state index in [1.54, 1.807) is 0 Å². The predicted molar refractivity (Wildman–Crippen MR) is 68.6 cm³/mol. The van der Waals surface area contributed by atoms with Crippen molar-refractivity contribution in [3.05, 3.63) is 30.1 Å². The molecule has 94 valence electrons. The SMILES string of the molecule is CCC1(CO)CCN(Cc2cccnc2)CC1. The second-order valence-electron chi connectivity index (χ2n) is 5.15. The Labute approximate surface area is 103 Å². The van der Waals surface area contributed by atoms with E-state index in [-0.39, 0.29) is 5.41 Å². The summed E-state index contributed by atoms with van der Waals surface area (Å²) in [6.07, 6.45) is 7.06. The molecule has 1 aliphatic heterocycles.